The Kier molecular flexibility index (Phi) is 14.2. The normalized spacial score (nSPS) is 10.7. The Morgan fingerprint density at radius 2 is 1.06 bits per heavy atom. The van der Waals surface area contributed by atoms with Crippen LogP contribution in [0.15, 0.2) is 0 Å². The van der Waals surface area contributed by atoms with Crippen LogP contribution in [-0.4, -0.2) is 4.86 Å². The van der Waals surface area contributed by atoms with E-state index in [2.05, 4.69) is 13.8 Å². The largest absolute Gasteiger partial charge is 0.0897 e. The van der Waals surface area contributed by atoms with E-state index in [-0.39, 0.29) is 0 Å². The van der Waals surface area contributed by atoms with Crippen LogP contribution in [0.25, 0.3) is 0 Å². The summed E-state index contributed by atoms with van der Waals surface area (Å²) in [6.07, 6.45) is 17.9. The highest BCUT2D eigenvalue weighted by Crippen LogP contribution is 2.12. The zero-order valence-electron chi connectivity index (χ0n) is 11.8. The molecule has 0 N–H and O–H groups in total. The zero-order chi connectivity index (χ0) is 12.8. The lowest BCUT2D eigenvalue weighted by Crippen LogP contribution is -1.87. The summed E-state index contributed by atoms with van der Waals surface area (Å²) in [6.45, 7) is 6.04. The fourth-order valence-electron chi connectivity index (χ4n) is 2.16. The smallest absolute Gasteiger partial charge is 0.00680 e. The Labute approximate surface area is 115 Å². The summed E-state index contributed by atoms with van der Waals surface area (Å²) in [6, 6.07) is 0. The van der Waals surface area contributed by atoms with Crippen molar-refractivity contribution in [3.8, 4) is 0 Å². The van der Waals surface area contributed by atoms with E-state index in [4.69, 9.17) is 12.2 Å². The molecule has 0 saturated heterocycles. The topological polar surface area (TPSA) is 0 Å². The van der Waals surface area contributed by atoms with Gasteiger partial charge in [-0.05, 0) is 24.6 Å². The van der Waals surface area contributed by atoms with Gasteiger partial charge in [0.05, 0.1) is 0 Å². The molecule has 0 unspecified atom stereocenters. The van der Waals surface area contributed by atoms with Crippen LogP contribution in [-0.2, 0) is 0 Å². The molecule has 0 aliphatic heterocycles. The SMILES string of the molecule is [CH2]C(=S)CCCCCCCCCCCCCC. The second-order valence-electron chi connectivity index (χ2n) is 5.18. The Morgan fingerprint density at radius 1 is 0.706 bits per heavy atom. The molecule has 0 nitrogen and oxygen atoms in total. The van der Waals surface area contributed by atoms with Gasteiger partial charge in [-0.1, -0.05) is 89.8 Å². The van der Waals surface area contributed by atoms with Gasteiger partial charge in [0.2, 0.25) is 0 Å². The van der Waals surface area contributed by atoms with E-state index < -0.39 is 0 Å². The first-order valence-corrected chi connectivity index (χ1v) is 8.03. The highest BCUT2D eigenvalue weighted by molar-refractivity contribution is 7.80. The van der Waals surface area contributed by atoms with Crippen LogP contribution in [0.3, 0.4) is 0 Å². The number of thiocarbonyl (C=S) groups is 1. The molecule has 0 aromatic carbocycles. The summed E-state index contributed by atoms with van der Waals surface area (Å²) in [5, 5.41) is 0. The van der Waals surface area contributed by atoms with Crippen LogP contribution in [0.4, 0.5) is 0 Å². The molecule has 0 amide bonds. The van der Waals surface area contributed by atoms with E-state index in [1.165, 1.54) is 77.0 Å². The van der Waals surface area contributed by atoms with Crippen molar-refractivity contribution in [3.05, 3.63) is 6.92 Å². The molecule has 0 bridgehead atoms. The van der Waals surface area contributed by atoms with Gasteiger partial charge in [-0.3, -0.25) is 0 Å². The molecular weight excluding hydrogens is 224 g/mol. The molecule has 17 heavy (non-hydrogen) atoms. The van der Waals surface area contributed by atoms with Crippen molar-refractivity contribution in [1.82, 2.24) is 0 Å². The van der Waals surface area contributed by atoms with Crippen LogP contribution in [0.1, 0.15) is 90.4 Å². The minimum absolute atomic E-state index is 0.928. The summed E-state index contributed by atoms with van der Waals surface area (Å²) in [4.78, 5) is 0.928. The van der Waals surface area contributed by atoms with E-state index in [0.717, 1.165) is 11.3 Å². The van der Waals surface area contributed by atoms with Crippen molar-refractivity contribution in [2.24, 2.45) is 0 Å². The van der Waals surface area contributed by atoms with Gasteiger partial charge in [-0.15, -0.1) is 0 Å². The summed E-state index contributed by atoms with van der Waals surface area (Å²) in [5.74, 6) is 0. The predicted octanol–water partition coefficient (Wildman–Crippen LogP) is 6.28. The minimum Gasteiger partial charge on any atom is -0.0897 e. The highest BCUT2D eigenvalue weighted by atomic mass is 32.1. The Balaban J connectivity index is 2.91. The van der Waals surface area contributed by atoms with Gasteiger partial charge in [0, 0.05) is 0 Å². The molecule has 0 saturated carbocycles. The summed E-state index contributed by atoms with van der Waals surface area (Å²) in [5.41, 5.74) is 0. The average Bonchev–Trinajstić information content (AvgIpc) is 2.30. The van der Waals surface area contributed by atoms with Crippen LogP contribution in [0, 0.1) is 6.92 Å². The first-order chi connectivity index (χ1) is 8.27. The maximum Gasteiger partial charge on any atom is -0.00680 e. The van der Waals surface area contributed by atoms with Crippen molar-refractivity contribution >= 4 is 17.1 Å². The van der Waals surface area contributed by atoms with E-state index in [1.54, 1.807) is 0 Å². The molecule has 101 valence electrons. The monoisotopic (exact) mass is 255 g/mol. The number of hydrogen-bond donors (Lipinski definition) is 0. The molecule has 0 spiro atoms. The highest BCUT2D eigenvalue weighted by Gasteiger charge is 1.94. The van der Waals surface area contributed by atoms with Gasteiger partial charge < -0.3 is 0 Å². The fraction of sp³-hybridized carbons (Fsp3) is 0.875. The summed E-state index contributed by atoms with van der Waals surface area (Å²) < 4.78 is 0. The first-order valence-electron chi connectivity index (χ1n) is 7.62. The molecule has 1 radical (unpaired) electrons. The molecule has 0 atom stereocenters. The second kappa shape index (κ2) is 14.2. The zero-order valence-corrected chi connectivity index (χ0v) is 12.6. The van der Waals surface area contributed by atoms with Crippen LogP contribution >= 0.6 is 12.2 Å². The first kappa shape index (κ1) is 17.1. The molecular formula is C16H31S. The quantitative estimate of drug-likeness (QED) is 0.275. The maximum atomic E-state index is 4.96. The minimum atomic E-state index is 0.928. The Morgan fingerprint density at radius 3 is 1.41 bits per heavy atom. The molecule has 0 aliphatic rings. The third-order valence-corrected chi connectivity index (χ3v) is 3.51. The molecule has 0 rings (SSSR count). The van der Waals surface area contributed by atoms with E-state index >= 15 is 0 Å². The van der Waals surface area contributed by atoms with Crippen LogP contribution in [0.2, 0.25) is 0 Å². The van der Waals surface area contributed by atoms with Gasteiger partial charge in [0.25, 0.3) is 0 Å². The molecule has 0 heterocycles. The van der Waals surface area contributed by atoms with Crippen LogP contribution in [0.5, 0.6) is 0 Å². The van der Waals surface area contributed by atoms with Crippen molar-refractivity contribution in [3.63, 3.8) is 0 Å². The second-order valence-corrected chi connectivity index (χ2v) is 5.76. The lowest BCUT2D eigenvalue weighted by molar-refractivity contribution is 0.546. The lowest BCUT2D eigenvalue weighted by Gasteiger charge is -2.02. The average molecular weight is 255 g/mol. The number of hydrogen-bond acceptors (Lipinski definition) is 1. The number of unbranched alkanes of at least 4 members (excludes halogenated alkanes) is 11. The van der Waals surface area contributed by atoms with Crippen molar-refractivity contribution in [2.75, 3.05) is 0 Å². The van der Waals surface area contributed by atoms with Gasteiger partial charge in [-0.25, -0.2) is 0 Å². The Bertz CT molecular complexity index is 163. The third-order valence-electron chi connectivity index (χ3n) is 3.31. The molecule has 1 heteroatoms. The van der Waals surface area contributed by atoms with Gasteiger partial charge in [0.1, 0.15) is 0 Å². The standard InChI is InChI=1S/C16H31S/c1-3-4-5-6-7-8-9-10-11-12-13-14-15-16(2)17/h2-15H2,1H3. The van der Waals surface area contributed by atoms with Gasteiger partial charge in [-0.2, -0.15) is 0 Å². The molecule has 0 aromatic heterocycles. The van der Waals surface area contributed by atoms with Crippen molar-refractivity contribution in [1.29, 1.82) is 0 Å². The lowest BCUT2D eigenvalue weighted by atomic mass is 10.0. The van der Waals surface area contributed by atoms with E-state index in [1.807, 2.05) is 0 Å². The van der Waals surface area contributed by atoms with E-state index in [0.29, 0.717) is 0 Å². The summed E-state index contributed by atoms with van der Waals surface area (Å²) in [7, 11) is 0. The van der Waals surface area contributed by atoms with Gasteiger partial charge in [0.15, 0.2) is 0 Å². The van der Waals surface area contributed by atoms with Crippen LogP contribution < -0.4 is 0 Å². The Hall–Kier alpha value is 0.0900. The fourth-order valence-corrected chi connectivity index (χ4v) is 2.31. The number of rotatable bonds is 13. The molecule has 0 aliphatic carbocycles. The van der Waals surface area contributed by atoms with Gasteiger partial charge >= 0.3 is 0 Å². The summed E-state index contributed by atoms with van der Waals surface area (Å²) >= 11 is 4.96. The maximum absolute atomic E-state index is 4.96. The predicted molar refractivity (Wildman–Crippen MR) is 83.7 cm³/mol. The van der Waals surface area contributed by atoms with Crippen molar-refractivity contribution < 1.29 is 0 Å². The van der Waals surface area contributed by atoms with E-state index in [9.17, 15) is 0 Å². The molecule has 0 aromatic rings. The third kappa shape index (κ3) is 16.1. The van der Waals surface area contributed by atoms with Crippen molar-refractivity contribution in [2.45, 2.75) is 90.4 Å². The molecule has 0 fully saturated rings.